The van der Waals surface area contributed by atoms with E-state index in [4.69, 9.17) is 9.84 Å². The Hall–Kier alpha value is -4.24. The molecule has 2 N–H and O–H groups in total. The molecule has 1 aliphatic carbocycles. The zero-order valence-electron chi connectivity index (χ0n) is 22.6. The van der Waals surface area contributed by atoms with Crippen LogP contribution < -0.4 is 15.0 Å². The van der Waals surface area contributed by atoms with Gasteiger partial charge in [0.05, 0.1) is 18.3 Å². The third-order valence-electron chi connectivity index (χ3n) is 7.63. The summed E-state index contributed by atoms with van der Waals surface area (Å²) in [6.07, 6.45) is 6.65. The molecule has 0 bridgehead atoms. The Morgan fingerprint density at radius 2 is 1.77 bits per heavy atom. The van der Waals surface area contributed by atoms with Gasteiger partial charge < -0.3 is 29.5 Å². The molecule has 3 heterocycles. The molecule has 0 radical (unpaired) electrons. The van der Waals surface area contributed by atoms with Gasteiger partial charge >= 0.3 is 12.0 Å². The van der Waals surface area contributed by atoms with E-state index in [0.29, 0.717) is 18.0 Å². The van der Waals surface area contributed by atoms with Crippen LogP contribution in [0.15, 0.2) is 66.9 Å². The van der Waals surface area contributed by atoms with E-state index in [0.717, 1.165) is 29.8 Å². The molecular formula is C31H32N4O4S. The number of aromatic nitrogens is 1. The highest BCUT2D eigenvalue weighted by Crippen LogP contribution is 2.44. The SMILES string of the molecule is CN(C)c1ccc(C2c3cccn3-c3sc4c(c3CN2C(=O)Nc2ccc(OCC(=O)O)cc2)CCCC4)cc1. The summed E-state index contributed by atoms with van der Waals surface area (Å²) in [6.45, 7) is 0.0926. The second kappa shape index (κ2) is 10.7. The highest BCUT2D eigenvalue weighted by atomic mass is 32.1. The zero-order valence-corrected chi connectivity index (χ0v) is 23.4. The lowest BCUT2D eigenvalue weighted by Crippen LogP contribution is -2.38. The number of hydrogen-bond donors (Lipinski definition) is 2. The number of benzene rings is 2. The largest absolute Gasteiger partial charge is 0.482 e. The molecule has 0 saturated carbocycles. The first kappa shape index (κ1) is 26.0. The predicted octanol–water partition coefficient (Wildman–Crippen LogP) is 6.08. The van der Waals surface area contributed by atoms with Crippen molar-refractivity contribution in [1.82, 2.24) is 9.47 Å². The zero-order chi connectivity index (χ0) is 27.8. The first-order chi connectivity index (χ1) is 19.4. The van der Waals surface area contributed by atoms with Gasteiger partial charge in [-0.05, 0) is 85.3 Å². The van der Waals surface area contributed by atoms with E-state index in [1.165, 1.54) is 33.8 Å². The first-order valence-electron chi connectivity index (χ1n) is 13.5. The van der Waals surface area contributed by atoms with Crippen LogP contribution in [0.2, 0.25) is 0 Å². The number of hydrogen-bond acceptors (Lipinski definition) is 5. The molecule has 0 spiro atoms. The lowest BCUT2D eigenvalue weighted by atomic mass is 9.95. The van der Waals surface area contributed by atoms with E-state index in [9.17, 15) is 9.59 Å². The summed E-state index contributed by atoms with van der Waals surface area (Å²) in [6, 6.07) is 18.9. The molecular weight excluding hydrogens is 524 g/mol. The van der Waals surface area contributed by atoms with Crippen LogP contribution in [0, 0.1) is 0 Å². The molecule has 2 amide bonds. The lowest BCUT2D eigenvalue weighted by molar-refractivity contribution is -0.139. The summed E-state index contributed by atoms with van der Waals surface area (Å²) in [4.78, 5) is 30.4. The number of rotatable bonds is 6. The van der Waals surface area contributed by atoms with Gasteiger partial charge in [0.25, 0.3) is 0 Å². The van der Waals surface area contributed by atoms with Crippen molar-refractivity contribution in [2.75, 3.05) is 30.9 Å². The van der Waals surface area contributed by atoms with Crippen molar-refractivity contribution in [3.05, 3.63) is 94.1 Å². The number of aliphatic carboxylic acids is 1. The van der Waals surface area contributed by atoms with E-state index >= 15 is 0 Å². The number of carbonyl (C=O) groups is 2. The van der Waals surface area contributed by atoms with Crippen LogP contribution in [-0.2, 0) is 24.2 Å². The van der Waals surface area contributed by atoms with Crippen LogP contribution in [0.4, 0.5) is 16.2 Å². The summed E-state index contributed by atoms with van der Waals surface area (Å²) < 4.78 is 7.53. The summed E-state index contributed by atoms with van der Waals surface area (Å²) >= 11 is 1.87. The first-order valence-corrected chi connectivity index (χ1v) is 14.3. The predicted molar refractivity (Wildman–Crippen MR) is 157 cm³/mol. The van der Waals surface area contributed by atoms with Crippen LogP contribution >= 0.6 is 11.3 Å². The van der Waals surface area contributed by atoms with Crippen LogP contribution in [-0.4, -0.2) is 47.3 Å². The quantitative estimate of drug-likeness (QED) is 0.300. The second-order valence-corrected chi connectivity index (χ2v) is 11.5. The maximum atomic E-state index is 14.1. The highest BCUT2D eigenvalue weighted by Gasteiger charge is 2.36. The number of aryl methyl sites for hydroxylation is 1. The average molecular weight is 557 g/mol. The van der Waals surface area contributed by atoms with Crippen LogP contribution in [0.25, 0.3) is 5.00 Å². The molecule has 9 heteroatoms. The number of fused-ring (bicyclic) bond motifs is 5. The van der Waals surface area contributed by atoms with Gasteiger partial charge in [-0.15, -0.1) is 11.3 Å². The van der Waals surface area contributed by atoms with Crippen molar-refractivity contribution in [2.24, 2.45) is 0 Å². The molecule has 1 aliphatic heterocycles. The fourth-order valence-electron chi connectivity index (χ4n) is 5.67. The number of thiophene rings is 1. The number of carboxylic acid groups (broad SMARTS) is 1. The fraction of sp³-hybridized carbons (Fsp3) is 0.290. The molecule has 206 valence electrons. The van der Waals surface area contributed by atoms with Crippen molar-refractivity contribution >= 4 is 34.7 Å². The molecule has 0 fully saturated rings. The normalized spacial score (nSPS) is 15.8. The Balaban J connectivity index is 1.38. The number of amides is 2. The third-order valence-corrected chi connectivity index (χ3v) is 8.97. The van der Waals surface area contributed by atoms with Gasteiger partial charge in [0.15, 0.2) is 6.61 Å². The Bertz CT molecular complexity index is 1540. The summed E-state index contributed by atoms with van der Waals surface area (Å²) in [5.41, 5.74) is 6.47. The van der Waals surface area contributed by atoms with E-state index in [1.54, 1.807) is 24.3 Å². The Labute approximate surface area is 237 Å². The van der Waals surface area contributed by atoms with Gasteiger partial charge in [0, 0.05) is 42.1 Å². The van der Waals surface area contributed by atoms with Crippen LogP contribution in [0.1, 0.15) is 46.1 Å². The van der Waals surface area contributed by atoms with Gasteiger partial charge in [-0.1, -0.05) is 12.1 Å². The number of anilines is 2. The van der Waals surface area contributed by atoms with Crippen molar-refractivity contribution in [2.45, 2.75) is 38.3 Å². The molecule has 2 aromatic carbocycles. The number of nitrogens with one attached hydrogen (secondary N) is 1. The minimum Gasteiger partial charge on any atom is -0.482 e. The van der Waals surface area contributed by atoms with Crippen molar-refractivity contribution in [1.29, 1.82) is 0 Å². The number of carbonyl (C=O) groups excluding carboxylic acids is 1. The van der Waals surface area contributed by atoms with Gasteiger partial charge in [0.2, 0.25) is 0 Å². The molecule has 1 atom stereocenters. The Morgan fingerprint density at radius 3 is 2.50 bits per heavy atom. The third kappa shape index (κ3) is 4.93. The Kier molecular flexibility index (Phi) is 6.98. The molecule has 8 nitrogen and oxygen atoms in total. The van der Waals surface area contributed by atoms with Gasteiger partial charge in [0.1, 0.15) is 10.8 Å². The van der Waals surface area contributed by atoms with Crippen molar-refractivity contribution in [3.8, 4) is 10.8 Å². The van der Waals surface area contributed by atoms with E-state index in [2.05, 4.69) is 57.4 Å². The van der Waals surface area contributed by atoms with Crippen molar-refractivity contribution < 1.29 is 19.4 Å². The summed E-state index contributed by atoms with van der Waals surface area (Å²) in [5.74, 6) is -0.607. The number of nitrogens with zero attached hydrogens (tertiary/aromatic N) is 3. The molecule has 6 rings (SSSR count). The number of carboxylic acids is 1. The monoisotopic (exact) mass is 556 g/mol. The molecule has 2 aliphatic rings. The summed E-state index contributed by atoms with van der Waals surface area (Å²) in [5, 5.41) is 13.2. The minimum absolute atomic E-state index is 0.197. The molecule has 0 saturated heterocycles. The van der Waals surface area contributed by atoms with E-state index in [1.807, 2.05) is 30.3 Å². The summed E-state index contributed by atoms with van der Waals surface area (Å²) in [7, 11) is 4.04. The van der Waals surface area contributed by atoms with Crippen LogP contribution in [0.3, 0.4) is 0 Å². The maximum absolute atomic E-state index is 14.1. The smallest absolute Gasteiger partial charge is 0.341 e. The van der Waals surface area contributed by atoms with Gasteiger partial charge in [-0.2, -0.15) is 0 Å². The van der Waals surface area contributed by atoms with Gasteiger partial charge in [-0.3, -0.25) is 0 Å². The van der Waals surface area contributed by atoms with Crippen molar-refractivity contribution in [3.63, 3.8) is 0 Å². The average Bonchev–Trinajstić information content (AvgIpc) is 3.54. The lowest BCUT2D eigenvalue weighted by Gasteiger charge is -2.31. The molecule has 1 unspecified atom stereocenters. The standard InChI is InChI=1S/C31H32N4O4S/c1-33(2)22-13-9-20(10-14-22)29-26-7-5-17-34(26)30-25(24-6-3-4-8-27(24)40-30)18-35(29)31(38)32-21-11-15-23(16-12-21)39-19-28(36)37/h5,7,9-17,29H,3-4,6,8,18-19H2,1-2H3,(H,32,38)(H,36,37). The van der Waals surface area contributed by atoms with E-state index in [-0.39, 0.29) is 12.1 Å². The topological polar surface area (TPSA) is 87.0 Å². The maximum Gasteiger partial charge on any atom is 0.341 e. The highest BCUT2D eigenvalue weighted by molar-refractivity contribution is 7.15. The van der Waals surface area contributed by atoms with Gasteiger partial charge in [-0.25, -0.2) is 9.59 Å². The minimum atomic E-state index is -1.04. The molecule has 40 heavy (non-hydrogen) atoms. The van der Waals surface area contributed by atoms with E-state index < -0.39 is 12.6 Å². The van der Waals surface area contributed by atoms with Crippen LogP contribution in [0.5, 0.6) is 5.75 Å². The second-order valence-electron chi connectivity index (χ2n) is 10.5. The Morgan fingerprint density at radius 1 is 1.02 bits per heavy atom. The number of ether oxygens (including phenoxy) is 1. The molecule has 2 aromatic heterocycles. The molecule has 4 aromatic rings. The number of urea groups is 1. The fourth-order valence-corrected chi connectivity index (χ4v) is 7.07.